The molecule has 1 heterocycles. The van der Waals surface area contributed by atoms with Crippen molar-refractivity contribution in [1.82, 2.24) is 0 Å². The first kappa shape index (κ1) is 10.2. The molecule has 0 spiro atoms. The lowest BCUT2D eigenvalue weighted by Crippen LogP contribution is -2.19. The van der Waals surface area contributed by atoms with E-state index in [1.807, 2.05) is 0 Å². The number of nitrogens with zero attached hydrogens (tertiary/aromatic N) is 1. The number of hydrogen-bond donors (Lipinski definition) is 0. The van der Waals surface area contributed by atoms with Crippen LogP contribution in [0.2, 0.25) is 0 Å². The zero-order valence-electron chi connectivity index (χ0n) is 10.9. The summed E-state index contributed by atoms with van der Waals surface area (Å²) in [5.74, 6) is 0.655. The minimum atomic E-state index is 0.554. The average molecular weight is 235 g/mol. The molecule has 1 aliphatic carbocycles. The average Bonchev–Trinajstić information content (AvgIpc) is 2.87. The van der Waals surface area contributed by atoms with Crippen LogP contribution in [0, 0.1) is 6.92 Å². The van der Waals surface area contributed by atoms with Crippen LogP contribution < -0.4 is 4.90 Å². The number of aryl methyl sites for hydroxylation is 1. The van der Waals surface area contributed by atoms with Gasteiger partial charge in [0.05, 0.1) is 6.04 Å². The van der Waals surface area contributed by atoms with Crippen LogP contribution in [0.15, 0.2) is 42.5 Å². The van der Waals surface area contributed by atoms with Crippen molar-refractivity contribution in [2.75, 3.05) is 11.9 Å². The van der Waals surface area contributed by atoms with E-state index in [9.17, 15) is 0 Å². The molecule has 0 saturated heterocycles. The first-order valence-corrected chi connectivity index (χ1v) is 6.67. The molecule has 2 unspecified atom stereocenters. The monoisotopic (exact) mass is 235 g/mol. The zero-order chi connectivity index (χ0) is 12.3. The minimum absolute atomic E-state index is 0.554. The topological polar surface area (TPSA) is 3.24 Å². The second-order valence-electron chi connectivity index (χ2n) is 5.63. The molecule has 0 N–H and O–H groups in total. The molecule has 0 radical (unpaired) electrons. The molecular formula is C17H17N. The van der Waals surface area contributed by atoms with E-state index in [1.165, 1.54) is 28.8 Å². The van der Waals surface area contributed by atoms with Gasteiger partial charge in [0.1, 0.15) is 0 Å². The highest BCUT2D eigenvalue weighted by molar-refractivity contribution is 5.66. The van der Waals surface area contributed by atoms with Gasteiger partial charge in [-0.15, -0.1) is 0 Å². The fourth-order valence-electron chi connectivity index (χ4n) is 3.77. The lowest BCUT2D eigenvalue weighted by Gasteiger charge is -2.22. The minimum Gasteiger partial charge on any atom is -0.367 e. The first-order chi connectivity index (χ1) is 8.75. The SMILES string of the molecule is Cc1ccc2c(c1)C1Cc3ccccc3C1N2C. The third-order valence-corrected chi connectivity index (χ3v) is 4.57. The van der Waals surface area contributed by atoms with Crippen LogP contribution in [0.4, 0.5) is 5.69 Å². The van der Waals surface area contributed by atoms with E-state index in [2.05, 4.69) is 61.3 Å². The summed E-state index contributed by atoms with van der Waals surface area (Å²) < 4.78 is 0. The van der Waals surface area contributed by atoms with Gasteiger partial charge in [0.2, 0.25) is 0 Å². The number of benzene rings is 2. The second kappa shape index (κ2) is 3.38. The molecule has 0 amide bonds. The molecule has 2 aromatic carbocycles. The Morgan fingerprint density at radius 1 is 1.06 bits per heavy atom. The maximum absolute atomic E-state index is 2.46. The van der Waals surface area contributed by atoms with Gasteiger partial charge in [-0.3, -0.25) is 0 Å². The van der Waals surface area contributed by atoms with Gasteiger partial charge in [-0.2, -0.15) is 0 Å². The third-order valence-electron chi connectivity index (χ3n) is 4.57. The highest BCUT2D eigenvalue weighted by Crippen LogP contribution is 2.54. The van der Waals surface area contributed by atoms with E-state index in [-0.39, 0.29) is 0 Å². The maximum Gasteiger partial charge on any atom is 0.0614 e. The van der Waals surface area contributed by atoms with Gasteiger partial charge in [-0.25, -0.2) is 0 Å². The van der Waals surface area contributed by atoms with E-state index in [0.29, 0.717) is 12.0 Å². The molecule has 2 atom stereocenters. The number of fused-ring (bicyclic) bond motifs is 5. The molecule has 0 bridgehead atoms. The summed E-state index contributed by atoms with van der Waals surface area (Å²) in [7, 11) is 2.24. The number of likely N-dealkylation sites (N-methyl/N-ethyl adjacent to an activating group) is 1. The molecule has 1 aliphatic heterocycles. The maximum atomic E-state index is 2.46. The van der Waals surface area contributed by atoms with Crippen molar-refractivity contribution in [3.8, 4) is 0 Å². The Labute approximate surface area is 108 Å². The molecule has 0 fully saturated rings. The van der Waals surface area contributed by atoms with Gasteiger partial charge < -0.3 is 4.90 Å². The quantitative estimate of drug-likeness (QED) is 0.671. The second-order valence-corrected chi connectivity index (χ2v) is 5.63. The predicted octanol–water partition coefficient (Wildman–Crippen LogP) is 3.83. The molecule has 4 rings (SSSR count). The van der Waals surface area contributed by atoms with Crippen molar-refractivity contribution < 1.29 is 0 Å². The summed E-state index contributed by atoms with van der Waals surface area (Å²) in [4.78, 5) is 2.46. The molecule has 2 aliphatic rings. The van der Waals surface area contributed by atoms with Gasteiger partial charge in [-0.1, -0.05) is 42.0 Å². The summed E-state index contributed by atoms with van der Waals surface area (Å²) in [6.45, 7) is 2.19. The van der Waals surface area contributed by atoms with Gasteiger partial charge in [-0.05, 0) is 36.1 Å². The van der Waals surface area contributed by atoms with Crippen molar-refractivity contribution in [2.45, 2.75) is 25.3 Å². The van der Waals surface area contributed by atoms with Crippen LogP contribution in [-0.2, 0) is 6.42 Å². The molecule has 18 heavy (non-hydrogen) atoms. The predicted molar refractivity (Wildman–Crippen MR) is 75.2 cm³/mol. The summed E-state index contributed by atoms with van der Waals surface area (Å²) >= 11 is 0. The lowest BCUT2D eigenvalue weighted by atomic mass is 9.95. The summed E-state index contributed by atoms with van der Waals surface area (Å²) in [5.41, 5.74) is 7.40. The molecule has 2 aromatic rings. The number of rotatable bonds is 0. The van der Waals surface area contributed by atoms with Crippen LogP contribution in [-0.4, -0.2) is 7.05 Å². The lowest BCUT2D eigenvalue weighted by molar-refractivity contribution is 0.618. The van der Waals surface area contributed by atoms with E-state index < -0.39 is 0 Å². The van der Waals surface area contributed by atoms with Crippen molar-refractivity contribution >= 4 is 5.69 Å². The smallest absolute Gasteiger partial charge is 0.0614 e. The van der Waals surface area contributed by atoms with E-state index in [0.717, 1.165) is 0 Å². The Morgan fingerprint density at radius 2 is 1.89 bits per heavy atom. The summed E-state index contributed by atoms with van der Waals surface area (Å²) in [5, 5.41) is 0. The first-order valence-electron chi connectivity index (χ1n) is 6.67. The molecule has 0 aromatic heterocycles. The van der Waals surface area contributed by atoms with Gasteiger partial charge in [0.15, 0.2) is 0 Å². The summed E-state index contributed by atoms with van der Waals surface area (Å²) in [6, 6.07) is 16.4. The van der Waals surface area contributed by atoms with Crippen LogP contribution in [0.5, 0.6) is 0 Å². The highest BCUT2D eigenvalue weighted by Gasteiger charge is 2.42. The highest BCUT2D eigenvalue weighted by atomic mass is 15.2. The van der Waals surface area contributed by atoms with Crippen LogP contribution in [0.3, 0.4) is 0 Å². The van der Waals surface area contributed by atoms with Crippen molar-refractivity contribution in [2.24, 2.45) is 0 Å². The molecule has 1 heteroatoms. The Kier molecular flexibility index (Phi) is 1.91. The molecule has 90 valence electrons. The van der Waals surface area contributed by atoms with Crippen LogP contribution >= 0.6 is 0 Å². The number of anilines is 1. The van der Waals surface area contributed by atoms with Gasteiger partial charge >= 0.3 is 0 Å². The zero-order valence-corrected chi connectivity index (χ0v) is 10.9. The van der Waals surface area contributed by atoms with Gasteiger partial charge in [0, 0.05) is 18.7 Å². The largest absolute Gasteiger partial charge is 0.367 e. The van der Waals surface area contributed by atoms with Crippen molar-refractivity contribution in [3.63, 3.8) is 0 Å². The van der Waals surface area contributed by atoms with E-state index in [1.54, 1.807) is 5.56 Å². The molecule has 1 nitrogen and oxygen atoms in total. The Morgan fingerprint density at radius 3 is 2.78 bits per heavy atom. The van der Waals surface area contributed by atoms with Crippen molar-refractivity contribution in [1.29, 1.82) is 0 Å². The Hall–Kier alpha value is -1.76. The Balaban J connectivity index is 1.90. The van der Waals surface area contributed by atoms with Crippen molar-refractivity contribution in [3.05, 3.63) is 64.7 Å². The summed E-state index contributed by atoms with van der Waals surface area (Å²) in [6.07, 6.45) is 1.20. The normalized spacial score (nSPS) is 23.8. The number of hydrogen-bond acceptors (Lipinski definition) is 1. The fraction of sp³-hybridized carbons (Fsp3) is 0.294. The van der Waals surface area contributed by atoms with Gasteiger partial charge in [0.25, 0.3) is 0 Å². The standard InChI is InChI=1S/C17H17N/c1-11-7-8-16-14(9-11)15-10-12-5-3-4-6-13(12)17(15)18(16)2/h3-9,15,17H,10H2,1-2H3. The molecule has 0 saturated carbocycles. The third kappa shape index (κ3) is 1.17. The molecular weight excluding hydrogens is 218 g/mol. The van der Waals surface area contributed by atoms with Crippen LogP contribution in [0.1, 0.15) is 34.2 Å². The van der Waals surface area contributed by atoms with E-state index in [4.69, 9.17) is 0 Å². The Bertz CT molecular complexity index is 629. The van der Waals surface area contributed by atoms with E-state index >= 15 is 0 Å². The fourth-order valence-corrected chi connectivity index (χ4v) is 3.77. The van der Waals surface area contributed by atoms with Crippen LogP contribution in [0.25, 0.3) is 0 Å².